The molecule has 0 amide bonds. The molecule has 434 valence electrons. The van der Waals surface area contributed by atoms with Gasteiger partial charge in [-0.3, -0.25) is 0 Å². The third kappa shape index (κ3) is 63.4. The Hall–Kier alpha value is -0.880. The van der Waals surface area contributed by atoms with Crippen LogP contribution in [0.4, 0.5) is 0 Å². The van der Waals surface area contributed by atoms with E-state index in [4.69, 9.17) is 104 Å². The molecule has 0 rings (SSSR count). The van der Waals surface area contributed by atoms with Crippen molar-refractivity contribution in [2.45, 2.75) is 46.3 Å². The molecule has 0 aliphatic heterocycles. The Kier molecular flexibility index (Phi) is 63.6. The predicted octanol–water partition coefficient (Wildman–Crippen LogP) is 2.80. The van der Waals surface area contributed by atoms with Gasteiger partial charge in [0.15, 0.2) is 0 Å². The highest BCUT2D eigenvalue weighted by Gasteiger charge is 2.09. The van der Waals surface area contributed by atoms with Gasteiger partial charge < -0.3 is 104 Å². The second kappa shape index (κ2) is 64.4. The number of hydrogen-bond donors (Lipinski definition) is 0. The average Bonchev–Trinajstić information content (AvgIpc) is 3.39. The lowest BCUT2D eigenvalue weighted by molar-refractivity contribution is -0.0683. The number of ether oxygens (including phenoxy) is 22. The molecule has 0 bridgehead atoms. The largest absolute Gasteiger partial charge is 0.382 e. The summed E-state index contributed by atoms with van der Waals surface area (Å²) in [7, 11) is 1.64. The summed E-state index contributed by atoms with van der Waals surface area (Å²) < 4.78 is 121. The van der Waals surface area contributed by atoms with Crippen molar-refractivity contribution in [3.05, 3.63) is 0 Å². The van der Waals surface area contributed by atoms with Crippen LogP contribution in [0, 0.1) is 5.92 Å². The molecule has 0 saturated carbocycles. The van der Waals surface area contributed by atoms with Gasteiger partial charge >= 0.3 is 0 Å². The van der Waals surface area contributed by atoms with Crippen LogP contribution in [0.25, 0.3) is 0 Å². The van der Waals surface area contributed by atoms with Crippen LogP contribution >= 0.6 is 0 Å². The molecular weight excluding hydrogens is 953 g/mol. The zero-order valence-electron chi connectivity index (χ0n) is 45.4. The van der Waals surface area contributed by atoms with Gasteiger partial charge in [0, 0.05) is 13.7 Å². The van der Waals surface area contributed by atoms with Gasteiger partial charge in [-0.2, -0.15) is 0 Å². The van der Waals surface area contributed by atoms with E-state index in [1.54, 1.807) is 7.11 Å². The quantitative estimate of drug-likeness (QED) is 0.0804. The molecule has 0 saturated heterocycles. The monoisotopic (exact) mass is 1050 g/mol. The van der Waals surface area contributed by atoms with Crippen LogP contribution in [0.2, 0.25) is 0 Å². The summed E-state index contributed by atoms with van der Waals surface area (Å²) in [6.45, 7) is 29.5. The standard InChI is InChI=1S/C50H102O22/c1-6-48(2)45-71-50(4)47-72-49(3)46-70-44-43-69-42-41-68-40-39-67-38-37-66-36-35-65-34-33-64-32-31-63-30-29-62-28-27-61-26-25-60-24-23-59-22-21-58-20-19-57-18-17-56-16-15-55-14-13-54-12-11-53-10-9-52-8-7-51-5/h48-50H,6-47H2,1-5H3. The summed E-state index contributed by atoms with van der Waals surface area (Å²) in [4.78, 5) is 0. The molecule has 0 heterocycles. The smallest absolute Gasteiger partial charge is 0.0781 e. The Morgan fingerprint density at radius 3 is 0.569 bits per heavy atom. The maximum Gasteiger partial charge on any atom is 0.0781 e. The third-order valence-electron chi connectivity index (χ3n) is 9.46. The maximum atomic E-state index is 5.80. The van der Waals surface area contributed by atoms with E-state index in [2.05, 4.69) is 13.8 Å². The van der Waals surface area contributed by atoms with Crippen LogP contribution in [-0.2, 0) is 104 Å². The first-order valence-corrected chi connectivity index (χ1v) is 26.3. The van der Waals surface area contributed by atoms with Gasteiger partial charge in [-0.25, -0.2) is 0 Å². The minimum absolute atomic E-state index is 0.00765. The fourth-order valence-corrected chi connectivity index (χ4v) is 5.19. The minimum atomic E-state index is 0.00765. The second-order valence-electron chi connectivity index (χ2n) is 15.9. The summed E-state index contributed by atoms with van der Waals surface area (Å²) in [6.07, 6.45) is 1.20. The number of hydrogen-bond acceptors (Lipinski definition) is 22. The molecule has 3 unspecified atom stereocenters. The highest BCUT2D eigenvalue weighted by atomic mass is 16.6. The lowest BCUT2D eigenvalue weighted by Crippen LogP contribution is -2.25. The topological polar surface area (TPSA) is 203 Å². The molecule has 0 aliphatic rings. The van der Waals surface area contributed by atoms with Crippen molar-refractivity contribution in [1.82, 2.24) is 0 Å². The molecule has 0 spiro atoms. The van der Waals surface area contributed by atoms with E-state index in [1.807, 2.05) is 13.8 Å². The van der Waals surface area contributed by atoms with Crippen LogP contribution in [0.1, 0.15) is 34.1 Å². The van der Waals surface area contributed by atoms with E-state index < -0.39 is 0 Å². The first-order chi connectivity index (χ1) is 35.6. The lowest BCUT2D eigenvalue weighted by atomic mass is 10.1. The fraction of sp³-hybridized carbons (Fsp3) is 1.00. The first-order valence-electron chi connectivity index (χ1n) is 26.3. The van der Waals surface area contributed by atoms with Crippen LogP contribution in [0.3, 0.4) is 0 Å². The molecule has 0 aromatic heterocycles. The van der Waals surface area contributed by atoms with Crippen molar-refractivity contribution < 1.29 is 104 Å². The van der Waals surface area contributed by atoms with E-state index in [9.17, 15) is 0 Å². The lowest BCUT2D eigenvalue weighted by Gasteiger charge is -2.19. The summed E-state index contributed by atoms with van der Waals surface area (Å²) in [5.41, 5.74) is 0. The van der Waals surface area contributed by atoms with Crippen LogP contribution in [0.15, 0.2) is 0 Å². The highest BCUT2D eigenvalue weighted by Crippen LogP contribution is 2.05. The third-order valence-corrected chi connectivity index (χ3v) is 9.46. The predicted molar refractivity (Wildman–Crippen MR) is 268 cm³/mol. The van der Waals surface area contributed by atoms with Crippen molar-refractivity contribution >= 4 is 0 Å². The normalized spacial score (nSPS) is 13.1. The molecule has 0 aliphatic carbocycles. The van der Waals surface area contributed by atoms with Gasteiger partial charge in [-0.15, -0.1) is 0 Å². The Bertz CT molecular complexity index is 968. The van der Waals surface area contributed by atoms with Gasteiger partial charge in [0.1, 0.15) is 0 Å². The molecule has 22 heteroatoms. The van der Waals surface area contributed by atoms with Crippen molar-refractivity contribution in [2.24, 2.45) is 5.92 Å². The molecular formula is C50H102O22. The number of rotatable bonds is 66. The Labute approximate surface area is 433 Å². The highest BCUT2D eigenvalue weighted by molar-refractivity contribution is 4.55. The maximum absolute atomic E-state index is 5.80. The van der Waals surface area contributed by atoms with Crippen molar-refractivity contribution in [3.8, 4) is 0 Å². The van der Waals surface area contributed by atoms with E-state index >= 15 is 0 Å². The zero-order valence-corrected chi connectivity index (χ0v) is 45.4. The molecule has 0 fully saturated rings. The zero-order chi connectivity index (χ0) is 52.0. The van der Waals surface area contributed by atoms with Gasteiger partial charge in [0.25, 0.3) is 0 Å². The van der Waals surface area contributed by atoms with Crippen molar-refractivity contribution in [2.75, 3.05) is 278 Å². The van der Waals surface area contributed by atoms with Gasteiger partial charge in [-0.1, -0.05) is 20.3 Å². The SMILES string of the molecule is CCC(C)COC(C)COC(C)COCCOCCOCCOCCOCCOCCOCCOCCOCCOCCOCCOCCOCCOCCOCCOCCOCCOCCOCCOC. The second-order valence-corrected chi connectivity index (χ2v) is 15.9. The Balaban J connectivity index is 3.12. The first kappa shape index (κ1) is 71.1. The molecule has 0 N–H and O–H groups in total. The van der Waals surface area contributed by atoms with Crippen molar-refractivity contribution in [1.29, 1.82) is 0 Å². The number of methoxy groups -OCH3 is 1. The molecule has 72 heavy (non-hydrogen) atoms. The summed E-state index contributed by atoms with van der Waals surface area (Å²) >= 11 is 0. The van der Waals surface area contributed by atoms with E-state index in [1.165, 1.54) is 0 Å². The summed E-state index contributed by atoms with van der Waals surface area (Å²) in [6, 6.07) is 0. The van der Waals surface area contributed by atoms with E-state index in [0.29, 0.717) is 270 Å². The molecule has 0 radical (unpaired) electrons. The minimum Gasteiger partial charge on any atom is -0.382 e. The van der Waals surface area contributed by atoms with Crippen LogP contribution < -0.4 is 0 Å². The van der Waals surface area contributed by atoms with Gasteiger partial charge in [0.05, 0.1) is 276 Å². The van der Waals surface area contributed by atoms with Crippen LogP contribution in [0.5, 0.6) is 0 Å². The van der Waals surface area contributed by atoms with Crippen molar-refractivity contribution in [3.63, 3.8) is 0 Å². The van der Waals surface area contributed by atoms with Crippen LogP contribution in [-0.4, -0.2) is 290 Å². The summed E-state index contributed by atoms with van der Waals surface area (Å²) in [5.74, 6) is 0.567. The molecule has 3 atom stereocenters. The van der Waals surface area contributed by atoms with E-state index in [0.717, 1.165) is 13.0 Å². The Morgan fingerprint density at radius 2 is 0.375 bits per heavy atom. The average molecular weight is 1060 g/mol. The molecule has 22 nitrogen and oxygen atoms in total. The van der Waals surface area contributed by atoms with Gasteiger partial charge in [0.2, 0.25) is 0 Å². The molecule has 0 aromatic carbocycles. The molecule has 0 aromatic rings. The fourth-order valence-electron chi connectivity index (χ4n) is 5.19. The Morgan fingerprint density at radius 1 is 0.208 bits per heavy atom. The van der Waals surface area contributed by atoms with E-state index in [-0.39, 0.29) is 12.2 Å². The summed E-state index contributed by atoms with van der Waals surface area (Å²) in [5, 5.41) is 0. The van der Waals surface area contributed by atoms with Gasteiger partial charge in [-0.05, 0) is 19.8 Å².